The van der Waals surface area contributed by atoms with E-state index in [9.17, 15) is 18.0 Å². The van der Waals surface area contributed by atoms with Crippen molar-refractivity contribution in [1.29, 1.82) is 0 Å². The van der Waals surface area contributed by atoms with Gasteiger partial charge in [0.1, 0.15) is 18.3 Å². The Kier molecular flexibility index (Phi) is 5.03. The van der Waals surface area contributed by atoms with Crippen molar-refractivity contribution in [2.45, 2.75) is 26.6 Å². The van der Waals surface area contributed by atoms with Crippen molar-refractivity contribution in [2.24, 2.45) is 0 Å². The predicted molar refractivity (Wildman–Crippen MR) is 116 cm³/mol. The predicted octanol–water partition coefficient (Wildman–Crippen LogP) is 4.32. The fourth-order valence-electron chi connectivity index (χ4n) is 3.74. The fourth-order valence-corrected chi connectivity index (χ4v) is 3.74. The van der Waals surface area contributed by atoms with Crippen LogP contribution in [-0.4, -0.2) is 29.5 Å². The maximum Gasteiger partial charge on any atom is 0.416 e. The summed E-state index contributed by atoms with van der Waals surface area (Å²) in [4.78, 5) is 21.5. The molecule has 0 atom stereocenters. The number of aryl methyl sites for hydroxylation is 2. The quantitative estimate of drug-likeness (QED) is 0.392. The third-order valence-electron chi connectivity index (χ3n) is 5.23. The molecule has 0 aliphatic heterocycles. The highest BCUT2D eigenvalue weighted by molar-refractivity contribution is 5.75. The summed E-state index contributed by atoms with van der Waals surface area (Å²) < 4.78 is 47.0. The molecule has 0 unspecified atom stereocenters. The zero-order valence-electron chi connectivity index (χ0n) is 18.0. The molecule has 0 N–H and O–H groups in total. The Morgan fingerprint density at radius 1 is 1.06 bits per heavy atom. The van der Waals surface area contributed by atoms with Crippen LogP contribution in [0, 0.1) is 13.8 Å². The van der Waals surface area contributed by atoms with Crippen LogP contribution in [0.3, 0.4) is 0 Å². The molecule has 3 aromatic heterocycles. The van der Waals surface area contributed by atoms with Crippen molar-refractivity contribution in [3.8, 4) is 17.1 Å². The molecule has 5 rings (SSSR count). The number of fused-ring (bicyclic) bond motifs is 1. The third kappa shape index (κ3) is 3.96. The van der Waals surface area contributed by atoms with E-state index in [1.54, 1.807) is 4.68 Å². The molecular weight excluding hydrogens is 449 g/mol. The Hall–Kier alpha value is -4.28. The van der Waals surface area contributed by atoms with Crippen LogP contribution in [0.2, 0.25) is 0 Å². The third-order valence-corrected chi connectivity index (χ3v) is 5.23. The van der Waals surface area contributed by atoms with Gasteiger partial charge in [-0.2, -0.15) is 23.3 Å². The molecule has 11 heteroatoms. The Bertz CT molecular complexity index is 1560. The van der Waals surface area contributed by atoms with Crippen LogP contribution in [0.1, 0.15) is 22.6 Å². The van der Waals surface area contributed by atoms with E-state index in [2.05, 4.69) is 20.2 Å². The van der Waals surface area contributed by atoms with Crippen LogP contribution in [0.4, 0.5) is 13.2 Å². The molecule has 0 amide bonds. The van der Waals surface area contributed by atoms with Gasteiger partial charge in [0.25, 0.3) is 5.56 Å². The monoisotopic (exact) mass is 466 g/mol. The first-order valence-electron chi connectivity index (χ1n) is 10.2. The topological polar surface area (TPSA) is 91.6 Å². The van der Waals surface area contributed by atoms with Crippen molar-refractivity contribution in [3.63, 3.8) is 0 Å². The first-order valence-corrected chi connectivity index (χ1v) is 10.2. The van der Waals surface area contributed by atoms with Crippen LogP contribution in [-0.2, 0) is 12.7 Å². The van der Waals surface area contributed by atoms with Crippen LogP contribution < -0.4 is 5.56 Å². The zero-order chi connectivity index (χ0) is 24.0. The highest BCUT2D eigenvalue weighted by Gasteiger charge is 2.30. The van der Waals surface area contributed by atoms with Gasteiger partial charge in [-0.3, -0.25) is 9.36 Å². The molecule has 0 aliphatic rings. The zero-order valence-corrected chi connectivity index (χ0v) is 18.0. The van der Waals surface area contributed by atoms with Gasteiger partial charge in [0, 0.05) is 5.56 Å². The standard InChI is InChI=1S/C23H17F3N6O2/c1-13-6-14(2)8-17(7-13)32-21-18(10-28-32)22(33)31(12-27-21)11-19-29-20(30-34-19)15-4-3-5-16(9-15)23(24,25)26/h3-10,12H,11H2,1-2H3. The van der Waals surface area contributed by atoms with E-state index in [4.69, 9.17) is 4.52 Å². The van der Waals surface area contributed by atoms with Gasteiger partial charge < -0.3 is 4.52 Å². The molecule has 0 fully saturated rings. The SMILES string of the molecule is Cc1cc(C)cc(-n2ncc3c(=O)n(Cc4nc(-c5cccc(C(F)(F)F)c5)no4)cnc32)c1. The Morgan fingerprint density at radius 3 is 2.56 bits per heavy atom. The van der Waals surface area contributed by atoms with E-state index in [-0.39, 0.29) is 29.4 Å². The minimum absolute atomic E-state index is 0.00850. The van der Waals surface area contributed by atoms with Crippen LogP contribution in [0.15, 0.2) is 64.3 Å². The van der Waals surface area contributed by atoms with Gasteiger partial charge in [-0.15, -0.1) is 0 Å². The molecule has 0 bridgehead atoms. The molecule has 34 heavy (non-hydrogen) atoms. The lowest BCUT2D eigenvalue weighted by Crippen LogP contribution is -2.21. The Balaban J connectivity index is 1.45. The number of halogens is 3. The first kappa shape index (κ1) is 21.6. The molecule has 3 heterocycles. The second-order valence-electron chi connectivity index (χ2n) is 7.91. The fraction of sp³-hybridized carbons (Fsp3) is 0.174. The van der Waals surface area contributed by atoms with E-state index in [1.807, 2.05) is 32.0 Å². The average Bonchev–Trinajstić information content (AvgIpc) is 3.42. The number of benzene rings is 2. The summed E-state index contributed by atoms with van der Waals surface area (Å²) in [5, 5.41) is 8.38. The summed E-state index contributed by atoms with van der Waals surface area (Å²) >= 11 is 0. The van der Waals surface area contributed by atoms with Crippen molar-refractivity contribution < 1.29 is 17.7 Å². The van der Waals surface area contributed by atoms with Gasteiger partial charge in [0.2, 0.25) is 11.7 Å². The molecule has 172 valence electrons. The Labute approximate surface area is 190 Å². The van der Waals surface area contributed by atoms with Gasteiger partial charge in [0.15, 0.2) is 5.65 Å². The largest absolute Gasteiger partial charge is 0.416 e. The second kappa shape index (κ2) is 7.94. The maximum absolute atomic E-state index is 13.0. The minimum Gasteiger partial charge on any atom is -0.337 e. The summed E-state index contributed by atoms with van der Waals surface area (Å²) in [6.45, 7) is 3.85. The molecule has 0 aliphatic carbocycles. The molecule has 8 nitrogen and oxygen atoms in total. The van der Waals surface area contributed by atoms with Crippen molar-refractivity contribution >= 4 is 11.0 Å². The van der Waals surface area contributed by atoms with Crippen LogP contribution in [0.5, 0.6) is 0 Å². The molecule has 5 aromatic rings. The molecule has 0 radical (unpaired) electrons. The van der Waals surface area contributed by atoms with E-state index in [0.29, 0.717) is 11.0 Å². The van der Waals surface area contributed by atoms with Crippen molar-refractivity contribution in [3.05, 3.63) is 87.9 Å². The Morgan fingerprint density at radius 2 is 1.82 bits per heavy atom. The number of hydrogen-bond acceptors (Lipinski definition) is 6. The highest BCUT2D eigenvalue weighted by Crippen LogP contribution is 2.31. The lowest BCUT2D eigenvalue weighted by atomic mass is 10.1. The average molecular weight is 466 g/mol. The normalized spacial score (nSPS) is 11.9. The molecule has 0 saturated carbocycles. The molecule has 2 aromatic carbocycles. The van der Waals surface area contributed by atoms with Gasteiger partial charge in [-0.05, 0) is 49.2 Å². The highest BCUT2D eigenvalue weighted by atomic mass is 19.4. The molecule has 0 spiro atoms. The van der Waals surface area contributed by atoms with E-state index < -0.39 is 11.7 Å². The summed E-state index contributed by atoms with van der Waals surface area (Å²) in [7, 11) is 0. The van der Waals surface area contributed by atoms with Crippen LogP contribution >= 0.6 is 0 Å². The van der Waals surface area contributed by atoms with Gasteiger partial charge >= 0.3 is 6.18 Å². The smallest absolute Gasteiger partial charge is 0.337 e. The van der Waals surface area contributed by atoms with E-state index >= 15 is 0 Å². The van der Waals surface area contributed by atoms with Gasteiger partial charge in [-0.1, -0.05) is 23.4 Å². The van der Waals surface area contributed by atoms with E-state index in [0.717, 1.165) is 28.9 Å². The van der Waals surface area contributed by atoms with Gasteiger partial charge in [-0.25, -0.2) is 9.67 Å². The van der Waals surface area contributed by atoms with Crippen molar-refractivity contribution in [1.82, 2.24) is 29.5 Å². The minimum atomic E-state index is -4.49. The number of hydrogen-bond donors (Lipinski definition) is 0. The first-order chi connectivity index (χ1) is 16.2. The second-order valence-corrected chi connectivity index (χ2v) is 7.91. The lowest BCUT2D eigenvalue weighted by Gasteiger charge is -2.07. The summed E-state index contributed by atoms with van der Waals surface area (Å²) in [6.07, 6.45) is -1.70. The summed E-state index contributed by atoms with van der Waals surface area (Å²) in [5.41, 5.74) is 2.28. The molecular formula is C23H17F3N6O2. The molecule has 0 saturated heterocycles. The number of aromatic nitrogens is 6. The summed E-state index contributed by atoms with van der Waals surface area (Å²) in [5.74, 6) is 0.0446. The lowest BCUT2D eigenvalue weighted by molar-refractivity contribution is -0.137. The number of nitrogens with zero attached hydrogens (tertiary/aromatic N) is 6. The summed E-state index contributed by atoms with van der Waals surface area (Å²) in [6, 6.07) is 10.5. The number of rotatable bonds is 4. The van der Waals surface area contributed by atoms with Crippen LogP contribution in [0.25, 0.3) is 28.1 Å². The number of alkyl halides is 3. The van der Waals surface area contributed by atoms with Gasteiger partial charge in [0.05, 0.1) is 17.4 Å². The van der Waals surface area contributed by atoms with Crippen molar-refractivity contribution in [2.75, 3.05) is 0 Å². The maximum atomic E-state index is 13.0. The van der Waals surface area contributed by atoms with E-state index in [1.165, 1.54) is 29.2 Å².